The van der Waals surface area contributed by atoms with E-state index in [4.69, 9.17) is 4.52 Å². The molecule has 2 aromatic carbocycles. The lowest BCUT2D eigenvalue weighted by molar-refractivity contribution is -0.384. The van der Waals surface area contributed by atoms with Crippen LogP contribution in [0.4, 0.5) is 5.69 Å². The number of nitro groups is 1. The van der Waals surface area contributed by atoms with Crippen molar-refractivity contribution in [1.82, 2.24) is 0 Å². The van der Waals surface area contributed by atoms with E-state index in [2.05, 4.69) is 0 Å². The summed E-state index contributed by atoms with van der Waals surface area (Å²) in [6, 6.07) is 12.9. The summed E-state index contributed by atoms with van der Waals surface area (Å²) in [5.74, 6) is 0.0975. The first-order valence-corrected chi connectivity index (χ1v) is 6.89. The van der Waals surface area contributed by atoms with Gasteiger partial charge in [0.05, 0.1) is 10.2 Å². The Balaban J connectivity index is 2.21. The van der Waals surface area contributed by atoms with Crippen LogP contribution in [0.15, 0.2) is 54.6 Å². The van der Waals surface area contributed by atoms with E-state index in [-0.39, 0.29) is 16.7 Å². The average Bonchev–Trinajstić information content (AvgIpc) is 2.40. The van der Waals surface area contributed by atoms with E-state index in [1.165, 1.54) is 36.4 Å². The van der Waals surface area contributed by atoms with Crippen LogP contribution in [0.2, 0.25) is 0 Å². The third kappa shape index (κ3) is 3.19. The molecule has 7 heteroatoms. The highest BCUT2D eigenvalue weighted by Gasteiger charge is 2.24. The fourth-order valence-electron chi connectivity index (χ4n) is 1.44. The van der Waals surface area contributed by atoms with Gasteiger partial charge in [-0.05, 0) is 24.3 Å². The van der Waals surface area contributed by atoms with Gasteiger partial charge in [0.25, 0.3) is 5.69 Å². The van der Waals surface area contributed by atoms with Gasteiger partial charge in [-0.1, -0.05) is 18.2 Å². The Bertz CT molecular complexity index is 626. The Morgan fingerprint density at radius 1 is 1.05 bits per heavy atom. The van der Waals surface area contributed by atoms with Crippen LogP contribution in [0.3, 0.4) is 0 Å². The highest BCUT2D eigenvalue weighted by molar-refractivity contribution is 7.61. The number of rotatable bonds is 4. The SMILES string of the molecule is O=[N+]([O-])c1ccc(OP(=O)(O)c2ccccc2)cc1. The smallest absolute Gasteiger partial charge is 0.408 e. The second-order valence-electron chi connectivity index (χ2n) is 3.70. The Morgan fingerprint density at radius 2 is 1.63 bits per heavy atom. The lowest BCUT2D eigenvalue weighted by Gasteiger charge is -2.13. The van der Waals surface area contributed by atoms with Crippen molar-refractivity contribution in [1.29, 1.82) is 0 Å². The topological polar surface area (TPSA) is 89.7 Å². The number of nitrogens with zero attached hydrogens (tertiary/aromatic N) is 1. The molecule has 0 aromatic heterocycles. The van der Waals surface area contributed by atoms with Crippen molar-refractivity contribution in [2.75, 3.05) is 0 Å². The zero-order valence-electron chi connectivity index (χ0n) is 9.67. The molecule has 1 unspecified atom stereocenters. The Kier molecular flexibility index (Phi) is 3.64. The predicted octanol–water partition coefficient (Wildman–Crippen LogP) is 2.48. The van der Waals surface area contributed by atoms with Crippen LogP contribution in [0, 0.1) is 10.1 Å². The summed E-state index contributed by atoms with van der Waals surface area (Å²) in [7, 11) is -3.98. The van der Waals surface area contributed by atoms with Crippen molar-refractivity contribution in [3.63, 3.8) is 0 Å². The first kappa shape index (κ1) is 13.3. The zero-order chi connectivity index (χ0) is 13.9. The molecule has 2 aromatic rings. The monoisotopic (exact) mass is 279 g/mol. The van der Waals surface area contributed by atoms with E-state index < -0.39 is 12.5 Å². The van der Waals surface area contributed by atoms with Crippen molar-refractivity contribution in [2.24, 2.45) is 0 Å². The van der Waals surface area contributed by atoms with Gasteiger partial charge in [0, 0.05) is 12.1 Å². The van der Waals surface area contributed by atoms with Crippen LogP contribution in [-0.4, -0.2) is 9.82 Å². The molecule has 0 amide bonds. The Hall–Kier alpha value is -2.17. The molecule has 2 rings (SSSR count). The average molecular weight is 279 g/mol. The van der Waals surface area contributed by atoms with Crippen molar-refractivity contribution >= 4 is 18.6 Å². The summed E-state index contributed by atoms with van der Waals surface area (Å²) in [6.45, 7) is 0. The molecule has 0 saturated heterocycles. The van der Waals surface area contributed by atoms with Gasteiger partial charge in [0.1, 0.15) is 5.75 Å². The van der Waals surface area contributed by atoms with Gasteiger partial charge in [-0.25, -0.2) is 4.57 Å². The summed E-state index contributed by atoms with van der Waals surface area (Å²) in [5.41, 5.74) is -0.111. The van der Waals surface area contributed by atoms with E-state index >= 15 is 0 Å². The van der Waals surface area contributed by atoms with Crippen LogP contribution < -0.4 is 9.83 Å². The molecule has 0 heterocycles. The number of non-ortho nitro benzene ring substituents is 1. The second-order valence-corrected chi connectivity index (χ2v) is 5.44. The van der Waals surface area contributed by atoms with Gasteiger partial charge in [-0.15, -0.1) is 0 Å². The minimum atomic E-state index is -3.98. The lowest BCUT2D eigenvalue weighted by Crippen LogP contribution is -2.08. The first-order valence-electron chi connectivity index (χ1n) is 5.31. The molecule has 0 aliphatic rings. The maximum Gasteiger partial charge on any atom is 0.408 e. The molecule has 0 radical (unpaired) electrons. The molecule has 0 fully saturated rings. The molecule has 0 aliphatic carbocycles. The summed E-state index contributed by atoms with van der Waals surface area (Å²) < 4.78 is 17.0. The van der Waals surface area contributed by atoms with E-state index in [9.17, 15) is 19.6 Å². The fraction of sp³-hybridized carbons (Fsp3) is 0. The van der Waals surface area contributed by atoms with Crippen LogP contribution in [-0.2, 0) is 4.57 Å². The van der Waals surface area contributed by atoms with Crippen LogP contribution in [0.5, 0.6) is 5.75 Å². The van der Waals surface area contributed by atoms with Gasteiger partial charge in [-0.3, -0.25) is 10.1 Å². The summed E-state index contributed by atoms with van der Waals surface area (Å²) in [6.07, 6.45) is 0. The van der Waals surface area contributed by atoms with Crippen LogP contribution in [0.25, 0.3) is 0 Å². The highest BCUT2D eigenvalue weighted by atomic mass is 31.2. The molecule has 1 atom stereocenters. The molecular formula is C12H10NO5P. The molecule has 98 valence electrons. The quantitative estimate of drug-likeness (QED) is 0.527. The van der Waals surface area contributed by atoms with Crippen molar-refractivity contribution in [2.45, 2.75) is 0 Å². The van der Waals surface area contributed by atoms with Crippen molar-refractivity contribution in [3.05, 3.63) is 64.7 Å². The summed E-state index contributed by atoms with van der Waals surface area (Å²) in [5, 5.41) is 10.6. The number of hydrogen-bond donors (Lipinski definition) is 1. The van der Waals surface area contributed by atoms with E-state index in [1.807, 2.05) is 0 Å². The van der Waals surface area contributed by atoms with Crippen molar-refractivity contribution in [3.8, 4) is 5.75 Å². The molecule has 1 N–H and O–H groups in total. The third-order valence-electron chi connectivity index (χ3n) is 2.36. The minimum absolute atomic E-state index is 0.0975. The van der Waals surface area contributed by atoms with Crippen LogP contribution >= 0.6 is 7.60 Å². The number of nitro benzene ring substituents is 1. The standard InChI is InChI=1S/C12H10NO5P/c14-13(15)10-6-8-11(9-7-10)18-19(16,17)12-4-2-1-3-5-12/h1-9H,(H,16,17). The van der Waals surface area contributed by atoms with Gasteiger partial charge in [0.15, 0.2) is 0 Å². The van der Waals surface area contributed by atoms with Gasteiger partial charge < -0.3 is 9.42 Å². The van der Waals surface area contributed by atoms with Crippen LogP contribution in [0.1, 0.15) is 0 Å². The molecule has 19 heavy (non-hydrogen) atoms. The lowest BCUT2D eigenvalue weighted by atomic mass is 10.3. The zero-order valence-corrected chi connectivity index (χ0v) is 10.6. The van der Waals surface area contributed by atoms with E-state index in [0.717, 1.165) is 0 Å². The molecule has 0 aliphatic heterocycles. The molecule has 0 bridgehead atoms. The summed E-state index contributed by atoms with van der Waals surface area (Å²) >= 11 is 0. The van der Waals surface area contributed by atoms with Gasteiger partial charge in [-0.2, -0.15) is 0 Å². The van der Waals surface area contributed by atoms with E-state index in [1.54, 1.807) is 18.2 Å². The second kappa shape index (κ2) is 5.22. The minimum Gasteiger partial charge on any atom is -0.421 e. The van der Waals surface area contributed by atoms with E-state index in [0.29, 0.717) is 0 Å². The first-order chi connectivity index (χ1) is 8.99. The highest BCUT2D eigenvalue weighted by Crippen LogP contribution is 2.41. The van der Waals surface area contributed by atoms with Crippen molar-refractivity contribution < 1.29 is 18.9 Å². The molecule has 6 nitrogen and oxygen atoms in total. The van der Waals surface area contributed by atoms with Gasteiger partial charge in [0.2, 0.25) is 0 Å². The Morgan fingerprint density at radius 3 is 2.16 bits per heavy atom. The molecule has 0 saturated carbocycles. The molecule has 0 spiro atoms. The normalized spacial score (nSPS) is 13.5. The largest absolute Gasteiger partial charge is 0.421 e. The fourth-order valence-corrected chi connectivity index (χ4v) is 2.50. The predicted molar refractivity (Wildman–Crippen MR) is 69.6 cm³/mol. The van der Waals surface area contributed by atoms with Gasteiger partial charge >= 0.3 is 7.60 Å². The summed E-state index contributed by atoms with van der Waals surface area (Å²) in [4.78, 5) is 19.7. The maximum atomic E-state index is 12.0. The maximum absolute atomic E-state index is 12.0. The number of hydrogen-bond acceptors (Lipinski definition) is 4. The molecular weight excluding hydrogens is 269 g/mol. The number of benzene rings is 2. The third-order valence-corrected chi connectivity index (χ3v) is 3.77. The Labute approximate surface area is 109 Å².